The first-order chi connectivity index (χ1) is 9.47. The number of imidazole rings is 1. The molecule has 0 radical (unpaired) electrons. The zero-order valence-electron chi connectivity index (χ0n) is 11.2. The molecule has 0 aromatic carbocycles. The van der Waals surface area contributed by atoms with E-state index in [1.54, 1.807) is 4.57 Å². The molecule has 0 atom stereocenters. The standard InChI is InChI=1S/C13H15N3O3S/c1-8-5-11(20-9(8)2)12(17)14-3-4-16-6-10(13(18)19)15-7-16/h5-7H,3-4H2,1-2H3,(H,14,17)(H,18,19). The van der Waals surface area contributed by atoms with Gasteiger partial charge >= 0.3 is 5.97 Å². The van der Waals surface area contributed by atoms with Gasteiger partial charge in [-0.15, -0.1) is 11.3 Å². The highest BCUT2D eigenvalue weighted by atomic mass is 32.1. The van der Waals surface area contributed by atoms with Crippen molar-refractivity contribution in [2.75, 3.05) is 6.54 Å². The molecule has 6 nitrogen and oxygen atoms in total. The third kappa shape index (κ3) is 3.24. The van der Waals surface area contributed by atoms with Gasteiger partial charge < -0.3 is 15.0 Å². The van der Waals surface area contributed by atoms with Gasteiger partial charge in [0.1, 0.15) is 0 Å². The number of aromatic nitrogens is 2. The fourth-order valence-electron chi connectivity index (χ4n) is 1.66. The number of carbonyl (C=O) groups excluding carboxylic acids is 1. The Morgan fingerprint density at radius 2 is 2.20 bits per heavy atom. The summed E-state index contributed by atoms with van der Waals surface area (Å²) in [5.74, 6) is -1.16. The first-order valence-electron chi connectivity index (χ1n) is 6.07. The third-order valence-corrected chi connectivity index (χ3v) is 4.05. The van der Waals surface area contributed by atoms with E-state index in [0.717, 1.165) is 10.4 Å². The maximum atomic E-state index is 11.9. The topological polar surface area (TPSA) is 84.2 Å². The van der Waals surface area contributed by atoms with Crippen LogP contribution in [0.15, 0.2) is 18.6 Å². The minimum absolute atomic E-state index is 0.000771. The molecule has 0 unspecified atom stereocenters. The molecule has 1 amide bonds. The van der Waals surface area contributed by atoms with Crippen LogP contribution >= 0.6 is 11.3 Å². The fourth-order valence-corrected chi connectivity index (χ4v) is 2.61. The van der Waals surface area contributed by atoms with Crippen LogP contribution in [0.25, 0.3) is 0 Å². The fraction of sp³-hybridized carbons (Fsp3) is 0.308. The predicted molar refractivity (Wildman–Crippen MR) is 75.3 cm³/mol. The van der Waals surface area contributed by atoms with Crippen LogP contribution in [0.5, 0.6) is 0 Å². The first-order valence-corrected chi connectivity index (χ1v) is 6.89. The normalized spacial score (nSPS) is 10.5. The van der Waals surface area contributed by atoms with Gasteiger partial charge in [0.2, 0.25) is 0 Å². The van der Waals surface area contributed by atoms with Crippen molar-refractivity contribution in [3.8, 4) is 0 Å². The van der Waals surface area contributed by atoms with Crippen LogP contribution in [0.1, 0.15) is 30.6 Å². The van der Waals surface area contributed by atoms with Crippen LogP contribution in [0, 0.1) is 13.8 Å². The second-order valence-corrected chi connectivity index (χ2v) is 5.66. The highest BCUT2D eigenvalue weighted by Gasteiger charge is 2.10. The monoisotopic (exact) mass is 293 g/mol. The Morgan fingerprint density at radius 1 is 1.45 bits per heavy atom. The number of hydrogen-bond acceptors (Lipinski definition) is 4. The molecule has 2 aromatic heterocycles. The molecule has 2 N–H and O–H groups in total. The summed E-state index contributed by atoms with van der Waals surface area (Å²) in [7, 11) is 0. The molecule has 106 valence electrons. The largest absolute Gasteiger partial charge is 0.476 e. The molecule has 0 spiro atoms. The van der Waals surface area contributed by atoms with Gasteiger partial charge in [-0.2, -0.15) is 0 Å². The molecule has 0 fully saturated rings. The van der Waals surface area contributed by atoms with Gasteiger partial charge in [0.15, 0.2) is 5.69 Å². The van der Waals surface area contributed by atoms with Crippen molar-refractivity contribution >= 4 is 23.2 Å². The molecule has 20 heavy (non-hydrogen) atoms. The molecule has 0 saturated carbocycles. The SMILES string of the molecule is Cc1cc(C(=O)NCCn2cnc(C(=O)O)c2)sc1C. The number of aryl methyl sites for hydroxylation is 2. The van der Waals surface area contributed by atoms with Crippen molar-refractivity contribution in [1.82, 2.24) is 14.9 Å². The van der Waals surface area contributed by atoms with Crippen LogP contribution in [0.2, 0.25) is 0 Å². The molecule has 7 heteroatoms. The minimum atomic E-state index is -1.06. The average molecular weight is 293 g/mol. The molecule has 0 bridgehead atoms. The van der Waals surface area contributed by atoms with E-state index in [-0.39, 0.29) is 11.6 Å². The summed E-state index contributed by atoms with van der Waals surface area (Å²) in [5, 5.41) is 11.5. The van der Waals surface area contributed by atoms with Crippen molar-refractivity contribution < 1.29 is 14.7 Å². The Bertz CT molecular complexity index is 626. The Labute approximate surface area is 120 Å². The lowest BCUT2D eigenvalue weighted by Gasteiger charge is -2.04. The van der Waals surface area contributed by atoms with E-state index in [2.05, 4.69) is 10.3 Å². The summed E-state index contributed by atoms with van der Waals surface area (Å²) < 4.78 is 1.63. The van der Waals surface area contributed by atoms with Crippen molar-refractivity contribution in [2.45, 2.75) is 20.4 Å². The Balaban J connectivity index is 1.86. The molecule has 0 aliphatic rings. The van der Waals surface area contributed by atoms with Gasteiger partial charge in [-0.1, -0.05) is 0 Å². The Kier molecular flexibility index (Phi) is 4.19. The summed E-state index contributed by atoms with van der Waals surface area (Å²) in [6.45, 7) is 4.86. The number of carboxylic acids is 1. The summed E-state index contributed by atoms with van der Waals surface area (Å²) in [5.41, 5.74) is 1.11. The number of rotatable bonds is 5. The zero-order valence-corrected chi connectivity index (χ0v) is 12.0. The highest BCUT2D eigenvalue weighted by molar-refractivity contribution is 7.14. The molecule has 0 aliphatic carbocycles. The lowest BCUT2D eigenvalue weighted by Crippen LogP contribution is -2.26. The number of nitrogens with one attached hydrogen (secondary N) is 1. The highest BCUT2D eigenvalue weighted by Crippen LogP contribution is 2.20. The van der Waals surface area contributed by atoms with Gasteiger partial charge in [0.05, 0.1) is 11.2 Å². The van der Waals surface area contributed by atoms with Crippen molar-refractivity contribution in [1.29, 1.82) is 0 Å². The van der Waals surface area contributed by atoms with E-state index >= 15 is 0 Å². The number of amides is 1. The average Bonchev–Trinajstić information content (AvgIpc) is 2.98. The maximum absolute atomic E-state index is 11.9. The summed E-state index contributed by atoms with van der Waals surface area (Å²) in [6.07, 6.45) is 2.88. The molecule has 0 saturated heterocycles. The molecule has 2 aromatic rings. The third-order valence-electron chi connectivity index (χ3n) is 2.90. The number of carboxylic acid groups (broad SMARTS) is 1. The number of carbonyl (C=O) groups is 2. The van der Waals surface area contributed by atoms with E-state index in [4.69, 9.17) is 5.11 Å². The molecular formula is C13H15N3O3S. The number of nitrogens with zero attached hydrogens (tertiary/aromatic N) is 2. The van der Waals surface area contributed by atoms with Gasteiger partial charge in [0.25, 0.3) is 5.91 Å². The van der Waals surface area contributed by atoms with Gasteiger partial charge in [-0.25, -0.2) is 9.78 Å². The molecule has 2 heterocycles. The lowest BCUT2D eigenvalue weighted by atomic mass is 10.3. The van der Waals surface area contributed by atoms with Crippen LogP contribution < -0.4 is 5.32 Å². The number of thiophene rings is 1. The van der Waals surface area contributed by atoms with Crippen LogP contribution in [0.4, 0.5) is 0 Å². The predicted octanol–water partition coefficient (Wildman–Crippen LogP) is 1.69. The summed E-state index contributed by atoms with van der Waals surface area (Å²) >= 11 is 1.47. The zero-order chi connectivity index (χ0) is 14.7. The van der Waals surface area contributed by atoms with Crippen LogP contribution in [-0.2, 0) is 6.54 Å². The van der Waals surface area contributed by atoms with E-state index in [1.807, 2.05) is 19.9 Å². The van der Waals surface area contributed by atoms with Crippen molar-refractivity contribution in [3.05, 3.63) is 39.6 Å². The van der Waals surface area contributed by atoms with Gasteiger partial charge in [-0.3, -0.25) is 4.79 Å². The van der Waals surface area contributed by atoms with E-state index in [0.29, 0.717) is 18.0 Å². The van der Waals surface area contributed by atoms with Crippen LogP contribution in [-0.4, -0.2) is 33.1 Å². The first kappa shape index (κ1) is 14.3. The second-order valence-electron chi connectivity index (χ2n) is 4.41. The number of hydrogen-bond donors (Lipinski definition) is 2. The lowest BCUT2D eigenvalue weighted by molar-refractivity contribution is 0.0690. The van der Waals surface area contributed by atoms with E-state index in [1.165, 1.54) is 23.9 Å². The van der Waals surface area contributed by atoms with E-state index < -0.39 is 5.97 Å². The quantitative estimate of drug-likeness (QED) is 0.878. The van der Waals surface area contributed by atoms with Crippen molar-refractivity contribution in [3.63, 3.8) is 0 Å². The minimum Gasteiger partial charge on any atom is -0.476 e. The molecular weight excluding hydrogens is 278 g/mol. The summed E-state index contributed by atoms with van der Waals surface area (Å²) in [4.78, 5) is 28.1. The second kappa shape index (κ2) is 5.87. The molecule has 2 rings (SSSR count). The van der Waals surface area contributed by atoms with E-state index in [9.17, 15) is 9.59 Å². The molecule has 0 aliphatic heterocycles. The maximum Gasteiger partial charge on any atom is 0.356 e. The van der Waals surface area contributed by atoms with Gasteiger partial charge in [-0.05, 0) is 25.5 Å². The summed E-state index contributed by atoms with van der Waals surface area (Å²) in [6, 6.07) is 1.87. The van der Waals surface area contributed by atoms with Crippen LogP contribution in [0.3, 0.4) is 0 Å². The Hall–Kier alpha value is -2.15. The van der Waals surface area contributed by atoms with Gasteiger partial charge in [0, 0.05) is 24.2 Å². The Morgan fingerprint density at radius 3 is 2.75 bits per heavy atom. The van der Waals surface area contributed by atoms with Crippen molar-refractivity contribution in [2.24, 2.45) is 0 Å². The smallest absolute Gasteiger partial charge is 0.356 e. The number of aromatic carboxylic acids is 1.